The fourth-order valence-corrected chi connectivity index (χ4v) is 3.32. The van der Waals surface area contributed by atoms with Crippen LogP contribution in [0.25, 0.3) is 10.9 Å². The lowest BCUT2D eigenvalue weighted by molar-refractivity contribution is -0.132. The largest absolute Gasteiger partial charge is 0.350 e. The number of benzene rings is 1. The third kappa shape index (κ3) is 2.91. The number of aromatic amines is 1. The van der Waals surface area contributed by atoms with Crippen molar-refractivity contribution in [2.45, 2.75) is 6.42 Å². The van der Waals surface area contributed by atoms with Crippen LogP contribution in [0.2, 0.25) is 10.0 Å². The van der Waals surface area contributed by atoms with E-state index in [0.29, 0.717) is 35.2 Å². The summed E-state index contributed by atoms with van der Waals surface area (Å²) >= 11 is 12.2. The molecule has 0 spiro atoms. The van der Waals surface area contributed by atoms with Crippen molar-refractivity contribution in [2.24, 2.45) is 5.92 Å². The number of carbonyl (C=O) groups is 2. The molecule has 122 valence electrons. The number of H-pyrrole nitrogens is 1. The number of nitrogens with one attached hydrogen (secondary N) is 1. The summed E-state index contributed by atoms with van der Waals surface area (Å²) in [5, 5.41) is 1.61. The summed E-state index contributed by atoms with van der Waals surface area (Å²) in [5.74, 6) is -0.189. The van der Waals surface area contributed by atoms with Gasteiger partial charge in [0.1, 0.15) is 5.69 Å². The first-order valence-electron chi connectivity index (χ1n) is 7.35. The number of rotatable bonds is 2. The Morgan fingerprint density at radius 1 is 1.30 bits per heavy atom. The predicted molar refractivity (Wildman–Crippen MR) is 91.0 cm³/mol. The van der Waals surface area contributed by atoms with Crippen molar-refractivity contribution < 1.29 is 9.59 Å². The average molecular weight is 354 g/mol. The van der Waals surface area contributed by atoms with E-state index in [9.17, 15) is 9.59 Å². The van der Waals surface area contributed by atoms with Crippen LogP contribution in [-0.2, 0) is 4.79 Å². The number of aromatic nitrogens is 1. The second-order valence-corrected chi connectivity index (χ2v) is 6.76. The molecule has 3 rings (SSSR count). The van der Waals surface area contributed by atoms with Crippen LogP contribution < -0.4 is 0 Å². The van der Waals surface area contributed by atoms with Gasteiger partial charge in [0.2, 0.25) is 5.91 Å². The van der Waals surface area contributed by atoms with Gasteiger partial charge in [0, 0.05) is 38.1 Å². The minimum Gasteiger partial charge on any atom is -0.350 e. The van der Waals surface area contributed by atoms with Crippen LogP contribution in [0.3, 0.4) is 0 Å². The highest BCUT2D eigenvalue weighted by molar-refractivity contribution is 6.45. The zero-order valence-corrected chi connectivity index (χ0v) is 14.4. The highest BCUT2D eigenvalue weighted by Gasteiger charge is 2.32. The molecule has 1 aromatic heterocycles. The molecule has 2 amide bonds. The molecule has 2 aromatic rings. The molecule has 0 unspecified atom stereocenters. The molecule has 1 aliphatic heterocycles. The number of likely N-dealkylation sites (tertiary alicyclic amines) is 1. The number of amides is 2. The Labute approximate surface area is 144 Å². The van der Waals surface area contributed by atoms with Crippen LogP contribution in [0.15, 0.2) is 18.2 Å². The first-order chi connectivity index (χ1) is 10.9. The monoisotopic (exact) mass is 353 g/mol. The van der Waals surface area contributed by atoms with E-state index in [4.69, 9.17) is 23.2 Å². The summed E-state index contributed by atoms with van der Waals surface area (Å²) in [6.07, 6.45) is 0.690. The number of nitrogens with zero attached hydrogens (tertiary/aromatic N) is 2. The molecule has 5 nitrogen and oxygen atoms in total. The second-order valence-electron chi connectivity index (χ2n) is 5.98. The predicted octanol–water partition coefficient (Wildman–Crippen LogP) is 3.03. The quantitative estimate of drug-likeness (QED) is 0.901. The topological polar surface area (TPSA) is 56.4 Å². The Balaban J connectivity index is 1.82. The Morgan fingerprint density at radius 3 is 2.74 bits per heavy atom. The van der Waals surface area contributed by atoms with Gasteiger partial charge in [-0.1, -0.05) is 23.2 Å². The summed E-state index contributed by atoms with van der Waals surface area (Å²) in [6.45, 7) is 1.02. The van der Waals surface area contributed by atoms with Gasteiger partial charge in [0.05, 0.1) is 16.0 Å². The maximum Gasteiger partial charge on any atom is 0.270 e. The number of hydrogen-bond donors (Lipinski definition) is 1. The minimum absolute atomic E-state index is 0.0618. The van der Waals surface area contributed by atoms with Gasteiger partial charge < -0.3 is 14.8 Å². The lowest BCUT2D eigenvalue weighted by Gasteiger charge is -2.17. The van der Waals surface area contributed by atoms with Crippen LogP contribution >= 0.6 is 23.2 Å². The third-order valence-corrected chi connectivity index (χ3v) is 5.01. The second kappa shape index (κ2) is 6.06. The van der Waals surface area contributed by atoms with Crippen LogP contribution in [0, 0.1) is 5.92 Å². The fourth-order valence-electron chi connectivity index (χ4n) is 2.94. The van der Waals surface area contributed by atoms with Crippen molar-refractivity contribution in [1.29, 1.82) is 0 Å². The van der Waals surface area contributed by atoms with E-state index in [0.717, 1.165) is 10.9 Å². The van der Waals surface area contributed by atoms with Gasteiger partial charge in [0.15, 0.2) is 0 Å². The number of halogens is 2. The van der Waals surface area contributed by atoms with Gasteiger partial charge in [0.25, 0.3) is 5.91 Å². The molecule has 2 heterocycles. The average Bonchev–Trinajstić information content (AvgIpc) is 3.16. The number of hydrogen-bond acceptors (Lipinski definition) is 2. The first-order valence-corrected chi connectivity index (χ1v) is 8.11. The van der Waals surface area contributed by atoms with Crippen LogP contribution in [0.5, 0.6) is 0 Å². The van der Waals surface area contributed by atoms with E-state index >= 15 is 0 Å². The van der Waals surface area contributed by atoms with Crippen molar-refractivity contribution >= 4 is 45.9 Å². The molecule has 0 bridgehead atoms. The molecule has 1 aliphatic rings. The van der Waals surface area contributed by atoms with Crippen LogP contribution in [0.4, 0.5) is 0 Å². The molecule has 23 heavy (non-hydrogen) atoms. The molecule has 0 saturated carbocycles. The smallest absolute Gasteiger partial charge is 0.270 e. The summed E-state index contributed by atoms with van der Waals surface area (Å²) in [5.41, 5.74) is 1.23. The Morgan fingerprint density at radius 2 is 2.04 bits per heavy atom. The first kappa shape index (κ1) is 16.1. The molecular formula is C16H17Cl2N3O2. The lowest BCUT2D eigenvalue weighted by Crippen LogP contribution is -2.34. The van der Waals surface area contributed by atoms with Gasteiger partial charge >= 0.3 is 0 Å². The van der Waals surface area contributed by atoms with E-state index < -0.39 is 0 Å². The number of fused-ring (bicyclic) bond motifs is 1. The van der Waals surface area contributed by atoms with E-state index in [1.165, 1.54) is 0 Å². The molecule has 1 aromatic carbocycles. The Bertz CT molecular complexity index is 785. The van der Waals surface area contributed by atoms with Crippen molar-refractivity contribution in [3.63, 3.8) is 0 Å². The van der Waals surface area contributed by atoms with Crippen molar-refractivity contribution in [3.8, 4) is 0 Å². The molecule has 1 atom stereocenters. The third-order valence-electron chi connectivity index (χ3n) is 4.19. The molecule has 7 heteroatoms. The molecule has 0 radical (unpaired) electrons. The van der Waals surface area contributed by atoms with E-state index in [-0.39, 0.29) is 17.7 Å². The summed E-state index contributed by atoms with van der Waals surface area (Å²) < 4.78 is 0. The zero-order valence-electron chi connectivity index (χ0n) is 12.9. The van der Waals surface area contributed by atoms with Crippen molar-refractivity contribution in [2.75, 3.05) is 27.2 Å². The molecule has 0 aliphatic carbocycles. The maximum atomic E-state index is 12.6. The molecule has 1 N–H and O–H groups in total. The Hall–Kier alpha value is -1.72. The summed E-state index contributed by atoms with van der Waals surface area (Å²) in [4.78, 5) is 31.0. The standard InChI is InChI=1S/C16H17Cl2N3O2/c1-20(2)15(22)9-5-6-21(8-9)16(23)13-7-10-12(19-13)4-3-11(17)14(10)18/h3-4,7,9,19H,5-6,8H2,1-2H3/t9-/m1/s1. The number of carbonyl (C=O) groups excluding carboxylic acids is 2. The van der Waals surface area contributed by atoms with E-state index in [1.54, 1.807) is 42.1 Å². The fraction of sp³-hybridized carbons (Fsp3) is 0.375. The van der Waals surface area contributed by atoms with Gasteiger partial charge in [-0.2, -0.15) is 0 Å². The molecular weight excluding hydrogens is 337 g/mol. The highest BCUT2D eigenvalue weighted by Crippen LogP contribution is 2.31. The van der Waals surface area contributed by atoms with Gasteiger partial charge in [-0.15, -0.1) is 0 Å². The van der Waals surface area contributed by atoms with Crippen LogP contribution in [0.1, 0.15) is 16.9 Å². The Kier molecular flexibility index (Phi) is 4.25. The van der Waals surface area contributed by atoms with Crippen molar-refractivity contribution in [1.82, 2.24) is 14.8 Å². The van der Waals surface area contributed by atoms with E-state index in [2.05, 4.69) is 4.98 Å². The van der Waals surface area contributed by atoms with Crippen LogP contribution in [-0.4, -0.2) is 53.8 Å². The van der Waals surface area contributed by atoms with Gasteiger partial charge in [-0.3, -0.25) is 9.59 Å². The van der Waals surface area contributed by atoms with E-state index in [1.807, 2.05) is 0 Å². The van der Waals surface area contributed by atoms with Crippen molar-refractivity contribution in [3.05, 3.63) is 33.9 Å². The maximum absolute atomic E-state index is 12.6. The highest BCUT2D eigenvalue weighted by atomic mass is 35.5. The molecule has 1 saturated heterocycles. The van der Waals surface area contributed by atoms with Gasteiger partial charge in [-0.05, 0) is 24.6 Å². The summed E-state index contributed by atoms with van der Waals surface area (Å²) in [7, 11) is 3.46. The molecule has 1 fully saturated rings. The van der Waals surface area contributed by atoms with Gasteiger partial charge in [-0.25, -0.2) is 0 Å². The minimum atomic E-state index is -0.128. The zero-order chi connectivity index (χ0) is 16.7. The lowest BCUT2D eigenvalue weighted by atomic mass is 10.1. The SMILES string of the molecule is CN(C)C(=O)[C@@H]1CCN(C(=O)c2cc3c(Cl)c(Cl)ccc3[nH]2)C1. The summed E-state index contributed by atoms with van der Waals surface area (Å²) in [6, 6.07) is 5.20. The normalized spacial score (nSPS) is 17.7.